The van der Waals surface area contributed by atoms with Gasteiger partial charge in [0.1, 0.15) is 13.2 Å². The predicted octanol–water partition coefficient (Wildman–Crippen LogP) is 18.0. The van der Waals surface area contributed by atoms with Gasteiger partial charge in [0, 0.05) is 12.8 Å². The van der Waals surface area contributed by atoms with Gasteiger partial charge in [-0.2, -0.15) is 0 Å². The lowest BCUT2D eigenvalue weighted by molar-refractivity contribution is -0.870. The van der Waals surface area contributed by atoms with Crippen LogP contribution in [0.3, 0.4) is 0 Å². The van der Waals surface area contributed by atoms with Gasteiger partial charge in [-0.05, 0) is 89.9 Å². The Morgan fingerprint density at radius 1 is 0.419 bits per heavy atom. The number of nitrogens with zero attached hydrogens (tertiary/aromatic N) is 1. The van der Waals surface area contributed by atoms with E-state index >= 15 is 0 Å². The minimum Gasteiger partial charge on any atom is -0.477 e. The lowest BCUT2D eigenvalue weighted by atomic mass is 10.0. The highest BCUT2D eigenvalue weighted by molar-refractivity contribution is 5.71. The third kappa shape index (κ3) is 56.2. The van der Waals surface area contributed by atoms with Gasteiger partial charge in [-0.25, -0.2) is 4.79 Å². The molecule has 0 bridgehead atoms. The predicted molar refractivity (Wildman–Crippen MR) is 313 cm³/mol. The summed E-state index contributed by atoms with van der Waals surface area (Å²) in [7, 11) is 5.96. The first kappa shape index (κ1) is 70.5. The average molecular weight is 1040 g/mol. The maximum Gasteiger partial charge on any atom is 0.361 e. The number of allylic oxidation sites excluding steroid dienone is 14. The topological polar surface area (TPSA) is 108 Å². The van der Waals surface area contributed by atoms with Gasteiger partial charge in [0.05, 0.1) is 34.4 Å². The Morgan fingerprint density at radius 3 is 1.16 bits per heavy atom. The van der Waals surface area contributed by atoms with Crippen LogP contribution in [0.1, 0.15) is 251 Å². The number of likely N-dealkylation sites (N-methyl/N-ethyl adjacent to an activating group) is 1. The summed E-state index contributed by atoms with van der Waals surface area (Å²) >= 11 is 0. The summed E-state index contributed by atoms with van der Waals surface area (Å²) in [6, 6.07) is 0. The highest BCUT2D eigenvalue weighted by Crippen LogP contribution is 2.16. The smallest absolute Gasteiger partial charge is 0.361 e. The molecule has 1 N–H and O–H groups in total. The fourth-order valence-corrected chi connectivity index (χ4v) is 8.25. The second kappa shape index (κ2) is 55.7. The zero-order chi connectivity index (χ0) is 54.1. The van der Waals surface area contributed by atoms with Crippen LogP contribution in [-0.4, -0.2) is 87.4 Å². The lowest BCUT2D eigenvalue weighted by Crippen LogP contribution is -2.40. The summed E-state index contributed by atoms with van der Waals surface area (Å²) in [5, 5.41) is 9.68. The molecular formula is C65H114NO8+. The number of rotatable bonds is 55. The zero-order valence-corrected chi connectivity index (χ0v) is 48.5. The summed E-state index contributed by atoms with van der Waals surface area (Å²) in [6.45, 7) is 4.73. The van der Waals surface area contributed by atoms with Crippen LogP contribution < -0.4 is 0 Å². The van der Waals surface area contributed by atoms with E-state index in [2.05, 4.69) is 98.9 Å². The number of aliphatic carboxylic acids is 1. The monoisotopic (exact) mass is 1040 g/mol. The third-order valence-corrected chi connectivity index (χ3v) is 12.9. The number of ether oxygens (including phenoxy) is 4. The number of carboxylic acids is 1. The number of quaternary nitrogens is 1. The minimum atomic E-state index is -1.51. The number of hydrogen-bond donors (Lipinski definition) is 1. The highest BCUT2D eigenvalue weighted by Gasteiger charge is 2.25. The molecule has 0 rings (SSSR count). The summed E-state index contributed by atoms with van der Waals surface area (Å²) in [4.78, 5) is 37.3. The molecule has 0 aromatic rings. The molecule has 0 fully saturated rings. The van der Waals surface area contributed by atoms with Gasteiger partial charge in [-0.1, -0.05) is 234 Å². The van der Waals surface area contributed by atoms with Gasteiger partial charge in [0.25, 0.3) is 6.29 Å². The van der Waals surface area contributed by atoms with Crippen molar-refractivity contribution in [2.75, 3.05) is 47.5 Å². The first-order valence-corrected chi connectivity index (χ1v) is 30.3. The van der Waals surface area contributed by atoms with Gasteiger partial charge in [0.15, 0.2) is 6.10 Å². The molecule has 426 valence electrons. The molecule has 0 heterocycles. The Labute approximate surface area is 455 Å². The molecule has 2 unspecified atom stereocenters. The van der Waals surface area contributed by atoms with E-state index < -0.39 is 24.3 Å². The van der Waals surface area contributed by atoms with Crippen molar-refractivity contribution in [2.24, 2.45) is 0 Å². The molecular weight excluding hydrogens is 923 g/mol. The van der Waals surface area contributed by atoms with Crippen LogP contribution in [-0.2, 0) is 33.3 Å². The number of carbonyl (C=O) groups excluding carboxylic acids is 2. The van der Waals surface area contributed by atoms with Crippen molar-refractivity contribution in [3.05, 3.63) is 85.1 Å². The fourth-order valence-electron chi connectivity index (χ4n) is 8.25. The van der Waals surface area contributed by atoms with E-state index in [0.717, 1.165) is 96.3 Å². The molecule has 0 radical (unpaired) electrons. The second-order valence-corrected chi connectivity index (χ2v) is 21.3. The molecule has 0 aliphatic carbocycles. The van der Waals surface area contributed by atoms with Crippen molar-refractivity contribution in [1.29, 1.82) is 0 Å². The number of carboxylic acid groups (broad SMARTS) is 1. The molecule has 0 aromatic heterocycles. The number of esters is 2. The van der Waals surface area contributed by atoms with Crippen molar-refractivity contribution in [1.82, 2.24) is 0 Å². The van der Waals surface area contributed by atoms with E-state index in [1.165, 1.54) is 128 Å². The summed E-state index contributed by atoms with van der Waals surface area (Å²) < 4.78 is 22.8. The Morgan fingerprint density at radius 2 is 0.770 bits per heavy atom. The fraction of sp³-hybridized carbons (Fsp3) is 0.738. The maximum atomic E-state index is 12.9. The first-order valence-electron chi connectivity index (χ1n) is 30.3. The van der Waals surface area contributed by atoms with Crippen LogP contribution in [0.4, 0.5) is 0 Å². The molecule has 9 nitrogen and oxygen atoms in total. The summed E-state index contributed by atoms with van der Waals surface area (Å²) in [5.74, 6) is -2.01. The zero-order valence-electron chi connectivity index (χ0n) is 48.5. The molecule has 0 spiro atoms. The lowest BCUT2D eigenvalue weighted by Gasteiger charge is -2.25. The Balaban J connectivity index is 4.03. The molecule has 0 aliphatic rings. The van der Waals surface area contributed by atoms with Gasteiger partial charge >= 0.3 is 17.9 Å². The first-order chi connectivity index (χ1) is 36.1. The molecule has 0 aromatic carbocycles. The Bertz CT molecular complexity index is 1490. The maximum absolute atomic E-state index is 12.9. The highest BCUT2D eigenvalue weighted by atomic mass is 16.7. The van der Waals surface area contributed by atoms with E-state index in [-0.39, 0.29) is 32.2 Å². The Hall–Kier alpha value is -3.53. The van der Waals surface area contributed by atoms with Crippen molar-refractivity contribution in [3.63, 3.8) is 0 Å². The molecule has 2 atom stereocenters. The van der Waals surface area contributed by atoms with Crippen LogP contribution in [0, 0.1) is 0 Å². The van der Waals surface area contributed by atoms with Gasteiger partial charge in [-0.15, -0.1) is 0 Å². The van der Waals surface area contributed by atoms with Crippen molar-refractivity contribution >= 4 is 17.9 Å². The third-order valence-electron chi connectivity index (χ3n) is 12.9. The van der Waals surface area contributed by atoms with Gasteiger partial charge < -0.3 is 28.5 Å². The molecule has 0 saturated heterocycles. The van der Waals surface area contributed by atoms with Crippen LogP contribution in [0.5, 0.6) is 0 Å². The van der Waals surface area contributed by atoms with Gasteiger partial charge in [0.2, 0.25) is 0 Å². The minimum absolute atomic E-state index is 0.185. The molecule has 0 saturated carbocycles. The summed E-state index contributed by atoms with van der Waals surface area (Å²) in [5.41, 5.74) is 0. The number of unbranched alkanes of at least 4 members (excludes halogenated alkanes) is 26. The second-order valence-electron chi connectivity index (χ2n) is 21.3. The summed E-state index contributed by atoms with van der Waals surface area (Å²) in [6.07, 6.45) is 71.1. The number of carbonyl (C=O) groups is 3. The van der Waals surface area contributed by atoms with E-state index in [9.17, 15) is 19.5 Å². The molecule has 0 aliphatic heterocycles. The molecule has 9 heteroatoms. The van der Waals surface area contributed by atoms with E-state index in [1.54, 1.807) is 0 Å². The van der Waals surface area contributed by atoms with E-state index in [4.69, 9.17) is 18.9 Å². The Kier molecular flexibility index (Phi) is 53.0. The SMILES string of the molecule is CC/C=C\C/C=C\C/C=C\C/C=C\C/C=C\C/C=C\CCCCCCCCCCCCCCCCCCCCC(=O)OC(COC(=O)CCCCCCC/C=C\CCCCC)COC(OCC[N+](C)(C)C)C(=O)O. The van der Waals surface area contributed by atoms with E-state index in [1.807, 2.05) is 21.1 Å². The normalized spacial score (nSPS) is 13.4. The van der Waals surface area contributed by atoms with Crippen LogP contribution in [0.25, 0.3) is 0 Å². The largest absolute Gasteiger partial charge is 0.477 e. The van der Waals surface area contributed by atoms with Gasteiger partial charge in [-0.3, -0.25) is 9.59 Å². The molecule has 0 amide bonds. The van der Waals surface area contributed by atoms with Crippen molar-refractivity contribution in [3.8, 4) is 0 Å². The van der Waals surface area contributed by atoms with Crippen LogP contribution in [0.2, 0.25) is 0 Å². The number of hydrogen-bond acceptors (Lipinski definition) is 7. The standard InChI is InChI=1S/C65H113NO8/c1-6-8-10-12-14-16-18-20-21-22-23-24-25-26-27-28-29-30-31-32-33-34-35-36-37-38-39-40-41-42-43-44-46-48-50-52-54-56-63(68)74-61(60-73-65(64(69)70)71-58-57-66(3,4)5)59-72-62(67)55-53-51-49-47-45-19-17-15-13-11-9-7-2/h8,10,14-17,20-21,23-24,26-27,29-30,61,65H,6-7,9,11-13,18-19,22,25,28,31-60H2,1-5H3/p+1/b10-8-,16-14-,17-15-,21-20-,24-23-,27-26-,30-29-. The van der Waals surface area contributed by atoms with Crippen LogP contribution in [0.15, 0.2) is 85.1 Å². The van der Waals surface area contributed by atoms with Crippen LogP contribution >= 0.6 is 0 Å². The molecule has 74 heavy (non-hydrogen) atoms. The average Bonchev–Trinajstić information content (AvgIpc) is 3.37. The van der Waals surface area contributed by atoms with Crippen molar-refractivity contribution in [2.45, 2.75) is 264 Å². The quantitative estimate of drug-likeness (QED) is 0.0211. The van der Waals surface area contributed by atoms with Crippen molar-refractivity contribution < 1.29 is 42.9 Å². The van der Waals surface area contributed by atoms with E-state index in [0.29, 0.717) is 17.4 Å².